The summed E-state index contributed by atoms with van der Waals surface area (Å²) >= 11 is 0. The van der Waals surface area contributed by atoms with E-state index in [1.54, 1.807) is 0 Å². The summed E-state index contributed by atoms with van der Waals surface area (Å²) in [6.45, 7) is 4.51. The van der Waals surface area contributed by atoms with Crippen molar-refractivity contribution in [1.29, 1.82) is 0 Å². The lowest BCUT2D eigenvalue weighted by Gasteiger charge is -2.29. The van der Waals surface area contributed by atoms with Crippen LogP contribution in [0.15, 0.2) is 0 Å². The monoisotopic (exact) mass is 302 g/mol. The molecule has 22 heavy (non-hydrogen) atoms. The van der Waals surface area contributed by atoms with Gasteiger partial charge in [-0.1, -0.05) is 0 Å². The number of nitrogens with zero attached hydrogens (tertiary/aromatic N) is 3. The Labute approximate surface area is 130 Å². The molecule has 1 aromatic rings. The molecule has 0 spiro atoms. The third-order valence-electron chi connectivity index (χ3n) is 4.90. The van der Waals surface area contributed by atoms with Crippen LogP contribution in [0.25, 0.3) is 0 Å². The summed E-state index contributed by atoms with van der Waals surface area (Å²) in [5.74, 6) is 0.749. The maximum absolute atomic E-state index is 12.1. The molecule has 0 unspecified atom stereocenters. The predicted octanol–water partition coefficient (Wildman–Crippen LogP) is 0.615. The minimum Gasteiger partial charge on any atom is -0.378 e. The molecule has 0 radical (unpaired) electrons. The van der Waals surface area contributed by atoms with Gasteiger partial charge in [0, 0.05) is 24.5 Å². The Hall–Kier alpha value is -1.69. The van der Waals surface area contributed by atoms with Gasteiger partial charge in [-0.15, -0.1) is 0 Å². The standard InChI is InChI=1S/C16H22N4O2/c1-10-13-4-2-3-5-14(13)19-16(17-10)20-6-11-8-22-9-12(7-20)18-15(11)21/h11-12H,2-9H2,1H3,(H,18,21)/t11-,12+/m1/s1. The fourth-order valence-electron chi connectivity index (χ4n) is 3.70. The Morgan fingerprint density at radius 1 is 1.18 bits per heavy atom. The van der Waals surface area contributed by atoms with Crippen molar-refractivity contribution in [3.05, 3.63) is 17.0 Å². The first-order valence-corrected chi connectivity index (χ1v) is 8.20. The number of hydrogen-bond acceptors (Lipinski definition) is 5. The Bertz CT molecular complexity index is 604. The molecule has 3 aliphatic rings. The van der Waals surface area contributed by atoms with Gasteiger partial charge in [0.25, 0.3) is 0 Å². The van der Waals surface area contributed by atoms with Crippen LogP contribution < -0.4 is 10.2 Å². The molecule has 2 aliphatic heterocycles. The number of aromatic nitrogens is 2. The van der Waals surface area contributed by atoms with Crippen LogP contribution in [0, 0.1) is 12.8 Å². The highest BCUT2D eigenvalue weighted by atomic mass is 16.5. The van der Waals surface area contributed by atoms with Crippen molar-refractivity contribution in [2.45, 2.75) is 38.6 Å². The molecule has 3 heterocycles. The van der Waals surface area contributed by atoms with Crippen molar-refractivity contribution < 1.29 is 9.53 Å². The number of anilines is 1. The highest BCUT2D eigenvalue weighted by molar-refractivity contribution is 5.80. The predicted molar refractivity (Wildman–Crippen MR) is 81.9 cm³/mol. The molecule has 1 aromatic heterocycles. The average Bonchev–Trinajstić information content (AvgIpc) is 2.75. The van der Waals surface area contributed by atoms with Gasteiger partial charge in [0.15, 0.2) is 0 Å². The number of fused-ring (bicyclic) bond motifs is 4. The van der Waals surface area contributed by atoms with Gasteiger partial charge < -0.3 is 15.0 Å². The third-order valence-corrected chi connectivity index (χ3v) is 4.90. The van der Waals surface area contributed by atoms with Gasteiger partial charge >= 0.3 is 0 Å². The van der Waals surface area contributed by atoms with Crippen LogP contribution in [-0.2, 0) is 22.4 Å². The molecule has 6 heteroatoms. The third kappa shape index (κ3) is 2.45. The number of carbonyl (C=O) groups excluding carboxylic acids is 1. The van der Waals surface area contributed by atoms with E-state index in [-0.39, 0.29) is 17.9 Å². The van der Waals surface area contributed by atoms with E-state index in [1.807, 2.05) is 0 Å². The van der Waals surface area contributed by atoms with Crippen LogP contribution >= 0.6 is 0 Å². The molecular formula is C16H22N4O2. The van der Waals surface area contributed by atoms with Crippen LogP contribution in [0.1, 0.15) is 29.8 Å². The largest absolute Gasteiger partial charge is 0.378 e. The molecule has 4 rings (SSSR count). The molecule has 6 nitrogen and oxygen atoms in total. The fourth-order valence-corrected chi connectivity index (χ4v) is 3.70. The molecule has 1 N–H and O–H groups in total. The van der Waals surface area contributed by atoms with Gasteiger partial charge in [-0.2, -0.15) is 0 Å². The molecule has 1 amide bonds. The number of hydrogen-bond donors (Lipinski definition) is 1. The topological polar surface area (TPSA) is 67.4 Å². The number of ether oxygens (including phenoxy) is 1. The Morgan fingerprint density at radius 3 is 2.95 bits per heavy atom. The highest BCUT2D eigenvalue weighted by Crippen LogP contribution is 2.25. The van der Waals surface area contributed by atoms with Crippen molar-refractivity contribution in [1.82, 2.24) is 15.3 Å². The van der Waals surface area contributed by atoms with E-state index in [4.69, 9.17) is 14.7 Å². The Morgan fingerprint density at radius 2 is 2.05 bits per heavy atom. The van der Waals surface area contributed by atoms with E-state index in [0.29, 0.717) is 19.8 Å². The number of rotatable bonds is 1. The SMILES string of the molecule is Cc1nc(N2C[C@H]3COC[C@@H](C2)C(=O)N3)nc2c1CCCC2. The van der Waals surface area contributed by atoms with Crippen LogP contribution in [0.3, 0.4) is 0 Å². The fraction of sp³-hybridized carbons (Fsp3) is 0.688. The molecule has 2 atom stereocenters. The summed E-state index contributed by atoms with van der Waals surface area (Å²) in [6, 6.07) is 0.0277. The maximum Gasteiger partial charge on any atom is 0.227 e. The summed E-state index contributed by atoms with van der Waals surface area (Å²) in [7, 11) is 0. The normalized spacial score (nSPS) is 27.9. The van der Waals surface area contributed by atoms with Crippen LogP contribution in [0.2, 0.25) is 0 Å². The zero-order chi connectivity index (χ0) is 15.1. The lowest BCUT2D eigenvalue weighted by Crippen LogP contribution is -2.42. The van der Waals surface area contributed by atoms with Gasteiger partial charge in [-0.25, -0.2) is 9.97 Å². The van der Waals surface area contributed by atoms with Crippen molar-refractivity contribution in [2.24, 2.45) is 5.92 Å². The number of carbonyl (C=O) groups is 1. The molecule has 2 saturated heterocycles. The first-order chi connectivity index (χ1) is 10.7. The van der Waals surface area contributed by atoms with Crippen LogP contribution in [0.5, 0.6) is 0 Å². The average molecular weight is 302 g/mol. The molecule has 118 valence electrons. The van der Waals surface area contributed by atoms with Gasteiger partial charge in [-0.3, -0.25) is 4.79 Å². The quantitative estimate of drug-likeness (QED) is 0.823. The van der Waals surface area contributed by atoms with E-state index in [0.717, 1.165) is 31.0 Å². The van der Waals surface area contributed by atoms with Gasteiger partial charge in [0.2, 0.25) is 11.9 Å². The highest BCUT2D eigenvalue weighted by Gasteiger charge is 2.34. The lowest BCUT2D eigenvalue weighted by molar-refractivity contribution is -0.124. The minimum absolute atomic E-state index is 0.0277. The second kappa shape index (κ2) is 5.50. The molecular weight excluding hydrogens is 280 g/mol. The van der Waals surface area contributed by atoms with E-state index in [2.05, 4.69) is 17.1 Å². The van der Waals surface area contributed by atoms with Crippen molar-refractivity contribution >= 4 is 11.9 Å². The van der Waals surface area contributed by atoms with Crippen molar-refractivity contribution in [3.63, 3.8) is 0 Å². The smallest absolute Gasteiger partial charge is 0.227 e. The van der Waals surface area contributed by atoms with E-state index in [9.17, 15) is 4.79 Å². The zero-order valence-corrected chi connectivity index (χ0v) is 13.0. The molecule has 2 bridgehead atoms. The summed E-state index contributed by atoms with van der Waals surface area (Å²) in [5.41, 5.74) is 3.64. The number of aryl methyl sites for hydroxylation is 2. The first kappa shape index (κ1) is 13.9. The first-order valence-electron chi connectivity index (χ1n) is 8.20. The summed E-state index contributed by atoms with van der Waals surface area (Å²) in [5, 5.41) is 3.06. The van der Waals surface area contributed by atoms with Gasteiger partial charge in [-0.05, 0) is 38.2 Å². The Kier molecular flexibility index (Phi) is 3.48. The molecule has 1 aliphatic carbocycles. The maximum atomic E-state index is 12.1. The van der Waals surface area contributed by atoms with Gasteiger partial charge in [0.1, 0.15) is 0 Å². The summed E-state index contributed by atoms with van der Waals surface area (Å²) in [4.78, 5) is 23.8. The zero-order valence-electron chi connectivity index (χ0n) is 13.0. The van der Waals surface area contributed by atoms with Gasteiger partial charge in [0.05, 0.1) is 25.2 Å². The van der Waals surface area contributed by atoms with Crippen LogP contribution in [0.4, 0.5) is 5.95 Å². The number of amides is 1. The van der Waals surface area contributed by atoms with E-state index in [1.165, 1.54) is 24.1 Å². The second-order valence-electron chi connectivity index (χ2n) is 6.59. The van der Waals surface area contributed by atoms with Crippen molar-refractivity contribution in [2.75, 3.05) is 31.2 Å². The molecule has 0 aromatic carbocycles. The minimum atomic E-state index is -0.132. The Balaban J connectivity index is 1.67. The van der Waals surface area contributed by atoms with E-state index >= 15 is 0 Å². The molecule has 2 fully saturated rings. The van der Waals surface area contributed by atoms with Crippen LogP contribution in [-0.4, -0.2) is 48.2 Å². The van der Waals surface area contributed by atoms with Crippen molar-refractivity contribution in [3.8, 4) is 0 Å². The molecule has 0 saturated carbocycles. The summed E-state index contributed by atoms with van der Waals surface area (Å²) < 4.78 is 5.58. The summed E-state index contributed by atoms with van der Waals surface area (Å²) in [6.07, 6.45) is 4.59. The number of nitrogens with one attached hydrogen (secondary N) is 1. The second-order valence-corrected chi connectivity index (χ2v) is 6.59. The lowest BCUT2D eigenvalue weighted by atomic mass is 9.95. The van der Waals surface area contributed by atoms with E-state index < -0.39 is 0 Å².